The highest BCUT2D eigenvalue weighted by atomic mass is 16.4. The molecule has 0 aromatic heterocycles. The summed E-state index contributed by atoms with van der Waals surface area (Å²) < 4.78 is 0. The Hall–Kier alpha value is -0.610. The number of hydrogen-bond donors (Lipinski definition) is 2. The molecule has 90 valence electrons. The van der Waals surface area contributed by atoms with Gasteiger partial charge in [-0.1, -0.05) is 6.92 Å². The molecule has 0 amide bonds. The fraction of sp³-hybridized carbons (Fsp3) is 0.909. The zero-order chi connectivity index (χ0) is 12.1. The van der Waals surface area contributed by atoms with Crippen LogP contribution in [0.3, 0.4) is 0 Å². The lowest BCUT2D eigenvalue weighted by atomic mass is 10.0. The maximum atomic E-state index is 10.5. The molecule has 2 N–H and O–H groups in total. The van der Waals surface area contributed by atoms with E-state index < -0.39 is 5.97 Å². The molecule has 0 aliphatic rings. The summed E-state index contributed by atoms with van der Waals surface area (Å²) >= 11 is 0. The highest BCUT2D eigenvalue weighted by Gasteiger charge is 2.23. The monoisotopic (exact) mass is 217 g/mol. The van der Waals surface area contributed by atoms with Gasteiger partial charge in [0.15, 0.2) is 0 Å². The molecule has 4 nitrogen and oxygen atoms in total. The van der Waals surface area contributed by atoms with Crippen molar-refractivity contribution in [2.75, 3.05) is 13.1 Å². The Bertz CT molecular complexity index is 198. The highest BCUT2D eigenvalue weighted by molar-refractivity contribution is 5.66. The Morgan fingerprint density at radius 2 is 1.93 bits per heavy atom. The van der Waals surface area contributed by atoms with E-state index in [0.29, 0.717) is 19.5 Å². The molecule has 0 saturated carbocycles. The Kier molecular flexibility index (Phi) is 5.83. The SMILES string of the molecule is CCC(O)CN(CCC(=O)O)C(C)(C)C. The van der Waals surface area contributed by atoms with Crippen molar-refractivity contribution in [3.8, 4) is 0 Å². The van der Waals surface area contributed by atoms with Crippen molar-refractivity contribution in [3.05, 3.63) is 0 Å². The van der Waals surface area contributed by atoms with Crippen LogP contribution in [0.4, 0.5) is 0 Å². The molecule has 0 bridgehead atoms. The maximum Gasteiger partial charge on any atom is 0.304 e. The molecule has 1 unspecified atom stereocenters. The molecule has 0 aromatic carbocycles. The van der Waals surface area contributed by atoms with Gasteiger partial charge in [-0.15, -0.1) is 0 Å². The van der Waals surface area contributed by atoms with E-state index in [1.165, 1.54) is 0 Å². The van der Waals surface area contributed by atoms with Gasteiger partial charge in [-0.05, 0) is 27.2 Å². The van der Waals surface area contributed by atoms with Gasteiger partial charge >= 0.3 is 5.97 Å². The van der Waals surface area contributed by atoms with E-state index in [2.05, 4.69) is 0 Å². The number of carboxylic acids is 1. The van der Waals surface area contributed by atoms with E-state index >= 15 is 0 Å². The minimum absolute atomic E-state index is 0.106. The predicted molar refractivity (Wildman–Crippen MR) is 59.9 cm³/mol. The summed E-state index contributed by atoms with van der Waals surface area (Å²) in [6.07, 6.45) is 0.436. The lowest BCUT2D eigenvalue weighted by molar-refractivity contribution is -0.137. The van der Waals surface area contributed by atoms with Crippen molar-refractivity contribution in [2.24, 2.45) is 0 Å². The number of carbonyl (C=O) groups is 1. The number of carboxylic acid groups (broad SMARTS) is 1. The second-order valence-electron chi connectivity index (χ2n) is 4.82. The van der Waals surface area contributed by atoms with Gasteiger partial charge < -0.3 is 10.2 Å². The molecular formula is C11H23NO3. The molecule has 15 heavy (non-hydrogen) atoms. The maximum absolute atomic E-state index is 10.5. The van der Waals surface area contributed by atoms with Gasteiger partial charge in [0.25, 0.3) is 0 Å². The minimum Gasteiger partial charge on any atom is -0.481 e. The molecule has 0 aliphatic heterocycles. The molecule has 0 saturated heterocycles. The Morgan fingerprint density at radius 1 is 1.40 bits per heavy atom. The van der Waals surface area contributed by atoms with Gasteiger partial charge in [-0.2, -0.15) is 0 Å². The molecular weight excluding hydrogens is 194 g/mol. The van der Waals surface area contributed by atoms with Crippen LogP contribution < -0.4 is 0 Å². The molecule has 1 atom stereocenters. The van der Waals surface area contributed by atoms with Crippen LogP contribution in [0.25, 0.3) is 0 Å². The summed E-state index contributed by atoms with van der Waals surface area (Å²) in [5.74, 6) is -0.796. The topological polar surface area (TPSA) is 60.8 Å². The lowest BCUT2D eigenvalue weighted by Gasteiger charge is -2.36. The van der Waals surface area contributed by atoms with Crippen LogP contribution in [-0.4, -0.2) is 45.8 Å². The van der Waals surface area contributed by atoms with Crippen molar-refractivity contribution in [3.63, 3.8) is 0 Å². The normalized spacial score (nSPS) is 14.3. The fourth-order valence-electron chi connectivity index (χ4n) is 1.31. The van der Waals surface area contributed by atoms with E-state index in [9.17, 15) is 9.90 Å². The van der Waals surface area contributed by atoms with Gasteiger partial charge in [0.05, 0.1) is 12.5 Å². The van der Waals surface area contributed by atoms with Gasteiger partial charge in [-0.3, -0.25) is 9.69 Å². The van der Waals surface area contributed by atoms with Crippen LogP contribution in [0, 0.1) is 0 Å². The summed E-state index contributed by atoms with van der Waals surface area (Å²) in [5, 5.41) is 18.2. The van der Waals surface area contributed by atoms with Crippen LogP contribution in [0.1, 0.15) is 40.5 Å². The zero-order valence-electron chi connectivity index (χ0n) is 10.2. The third-order valence-electron chi connectivity index (χ3n) is 2.45. The molecule has 0 heterocycles. The van der Waals surface area contributed by atoms with Crippen molar-refractivity contribution in [1.29, 1.82) is 0 Å². The van der Waals surface area contributed by atoms with Gasteiger partial charge in [0.1, 0.15) is 0 Å². The second kappa shape index (κ2) is 6.08. The molecule has 0 spiro atoms. The number of aliphatic carboxylic acids is 1. The zero-order valence-corrected chi connectivity index (χ0v) is 10.2. The largest absolute Gasteiger partial charge is 0.481 e. The highest BCUT2D eigenvalue weighted by Crippen LogP contribution is 2.14. The first kappa shape index (κ1) is 14.4. The van der Waals surface area contributed by atoms with Crippen LogP contribution in [-0.2, 0) is 4.79 Å². The molecule has 0 rings (SSSR count). The van der Waals surface area contributed by atoms with E-state index in [4.69, 9.17) is 5.11 Å². The first-order valence-electron chi connectivity index (χ1n) is 5.42. The summed E-state index contributed by atoms with van der Waals surface area (Å²) in [6, 6.07) is 0. The molecule has 0 aromatic rings. The molecule has 0 fully saturated rings. The summed E-state index contributed by atoms with van der Waals surface area (Å²) in [6.45, 7) is 9.01. The van der Waals surface area contributed by atoms with Crippen molar-refractivity contribution >= 4 is 5.97 Å². The summed E-state index contributed by atoms with van der Waals surface area (Å²) in [7, 11) is 0. The predicted octanol–water partition coefficient (Wildman–Crippen LogP) is 1.33. The van der Waals surface area contributed by atoms with Gasteiger partial charge in [-0.25, -0.2) is 0 Å². The van der Waals surface area contributed by atoms with E-state index in [0.717, 1.165) is 0 Å². The quantitative estimate of drug-likeness (QED) is 0.704. The Morgan fingerprint density at radius 3 is 2.27 bits per heavy atom. The third kappa shape index (κ3) is 6.47. The van der Waals surface area contributed by atoms with Gasteiger partial charge in [0, 0.05) is 18.6 Å². The third-order valence-corrected chi connectivity index (χ3v) is 2.45. The number of aliphatic hydroxyl groups is 1. The Balaban J connectivity index is 4.26. The molecule has 4 heteroatoms. The number of aliphatic hydroxyl groups excluding tert-OH is 1. The number of rotatable bonds is 6. The van der Waals surface area contributed by atoms with E-state index in [1.54, 1.807) is 0 Å². The number of hydrogen-bond acceptors (Lipinski definition) is 3. The van der Waals surface area contributed by atoms with Gasteiger partial charge in [0.2, 0.25) is 0 Å². The first-order chi connectivity index (χ1) is 6.77. The average molecular weight is 217 g/mol. The van der Waals surface area contributed by atoms with Crippen molar-refractivity contribution in [2.45, 2.75) is 52.2 Å². The van der Waals surface area contributed by atoms with Crippen LogP contribution >= 0.6 is 0 Å². The number of β-amino-alcohol motifs (C(OH)–C–C–N with tert-alkyl or cyclic N) is 1. The summed E-state index contributed by atoms with van der Waals surface area (Å²) in [4.78, 5) is 12.5. The lowest BCUT2D eigenvalue weighted by Crippen LogP contribution is -2.46. The average Bonchev–Trinajstić information content (AvgIpc) is 2.09. The van der Waals surface area contributed by atoms with E-state index in [-0.39, 0.29) is 18.1 Å². The smallest absolute Gasteiger partial charge is 0.304 e. The van der Waals surface area contributed by atoms with Crippen LogP contribution in [0.5, 0.6) is 0 Å². The summed E-state index contributed by atoms with van der Waals surface area (Å²) in [5.41, 5.74) is -0.106. The van der Waals surface area contributed by atoms with E-state index in [1.807, 2.05) is 32.6 Å². The molecule has 0 radical (unpaired) electrons. The van der Waals surface area contributed by atoms with Crippen LogP contribution in [0.2, 0.25) is 0 Å². The standard InChI is InChI=1S/C11H23NO3/c1-5-9(13)8-12(11(2,3)4)7-6-10(14)15/h9,13H,5-8H2,1-4H3,(H,14,15). The number of nitrogens with zero attached hydrogens (tertiary/aromatic N) is 1. The Labute approximate surface area is 91.9 Å². The fourth-order valence-corrected chi connectivity index (χ4v) is 1.31. The molecule has 0 aliphatic carbocycles. The first-order valence-corrected chi connectivity index (χ1v) is 5.42. The minimum atomic E-state index is -0.796. The van der Waals surface area contributed by atoms with Crippen molar-refractivity contribution < 1.29 is 15.0 Å². The van der Waals surface area contributed by atoms with Crippen LogP contribution in [0.15, 0.2) is 0 Å². The second-order valence-corrected chi connectivity index (χ2v) is 4.82. The van der Waals surface area contributed by atoms with Crippen molar-refractivity contribution in [1.82, 2.24) is 4.90 Å².